The summed E-state index contributed by atoms with van der Waals surface area (Å²) in [7, 11) is 0. The number of aryl methyl sites for hydroxylation is 3. The first-order valence-corrected chi connectivity index (χ1v) is 6.26. The number of nitrogens with one attached hydrogen (secondary N) is 1. The molecular formula is C13H15ClN4O. The Morgan fingerprint density at radius 3 is 2.74 bits per heavy atom. The zero-order valence-corrected chi connectivity index (χ0v) is 11.8. The van der Waals surface area contributed by atoms with Gasteiger partial charge >= 0.3 is 0 Å². The molecule has 0 spiro atoms. The summed E-state index contributed by atoms with van der Waals surface area (Å²) >= 11 is 5.93. The monoisotopic (exact) mass is 278 g/mol. The maximum Gasteiger partial charge on any atom is 0.246 e. The molecule has 19 heavy (non-hydrogen) atoms. The molecule has 0 radical (unpaired) electrons. The molecule has 0 aromatic carbocycles. The van der Waals surface area contributed by atoms with E-state index in [2.05, 4.69) is 15.4 Å². The Morgan fingerprint density at radius 2 is 2.11 bits per heavy atom. The lowest BCUT2D eigenvalue weighted by molar-refractivity contribution is -0.116. The van der Waals surface area contributed by atoms with E-state index < -0.39 is 0 Å². The Hall–Kier alpha value is -1.88. The van der Waals surface area contributed by atoms with Crippen LogP contribution in [-0.4, -0.2) is 20.7 Å². The van der Waals surface area contributed by atoms with Gasteiger partial charge in [-0.05, 0) is 38.5 Å². The number of anilines is 1. The molecule has 1 N–H and O–H groups in total. The van der Waals surface area contributed by atoms with Crippen molar-refractivity contribution in [3.63, 3.8) is 0 Å². The van der Waals surface area contributed by atoms with Gasteiger partial charge in [-0.3, -0.25) is 9.48 Å². The molecule has 0 atom stereocenters. The van der Waals surface area contributed by atoms with Crippen molar-refractivity contribution in [1.82, 2.24) is 14.8 Å². The standard InChI is InChI=1S/C13H15ClN4O/c1-8-4-11(13(14)15-6-8)16-12(19)7-18-10(3)5-9(2)17-18/h4-6H,7H2,1-3H3,(H,16,19). The lowest BCUT2D eigenvalue weighted by Gasteiger charge is -2.08. The summed E-state index contributed by atoms with van der Waals surface area (Å²) < 4.78 is 1.65. The van der Waals surface area contributed by atoms with Gasteiger partial charge in [0, 0.05) is 11.9 Å². The van der Waals surface area contributed by atoms with E-state index in [1.807, 2.05) is 26.8 Å². The number of aromatic nitrogens is 3. The van der Waals surface area contributed by atoms with Gasteiger partial charge in [-0.2, -0.15) is 5.10 Å². The summed E-state index contributed by atoms with van der Waals surface area (Å²) in [6.07, 6.45) is 1.65. The van der Waals surface area contributed by atoms with E-state index in [4.69, 9.17) is 11.6 Å². The lowest BCUT2D eigenvalue weighted by Crippen LogP contribution is -2.20. The van der Waals surface area contributed by atoms with Crippen molar-refractivity contribution in [2.75, 3.05) is 5.32 Å². The Bertz CT molecular complexity index is 621. The van der Waals surface area contributed by atoms with Gasteiger partial charge in [0.1, 0.15) is 6.54 Å². The fourth-order valence-corrected chi connectivity index (χ4v) is 1.95. The molecule has 0 aliphatic heterocycles. The van der Waals surface area contributed by atoms with Crippen LogP contribution >= 0.6 is 11.6 Å². The van der Waals surface area contributed by atoms with Crippen LogP contribution < -0.4 is 5.32 Å². The van der Waals surface area contributed by atoms with Crippen molar-refractivity contribution in [1.29, 1.82) is 0 Å². The summed E-state index contributed by atoms with van der Waals surface area (Å²) in [6.45, 7) is 5.85. The Kier molecular flexibility index (Phi) is 3.85. The molecule has 2 heterocycles. The lowest BCUT2D eigenvalue weighted by atomic mass is 10.3. The van der Waals surface area contributed by atoms with Crippen LogP contribution in [0.15, 0.2) is 18.3 Å². The normalized spacial score (nSPS) is 10.5. The van der Waals surface area contributed by atoms with Crippen LogP contribution in [-0.2, 0) is 11.3 Å². The molecule has 2 aromatic rings. The van der Waals surface area contributed by atoms with Gasteiger partial charge in [-0.25, -0.2) is 4.98 Å². The molecule has 1 amide bonds. The Balaban J connectivity index is 2.09. The van der Waals surface area contributed by atoms with Crippen LogP contribution in [0.3, 0.4) is 0 Å². The highest BCUT2D eigenvalue weighted by Gasteiger charge is 2.10. The first kappa shape index (κ1) is 13.5. The van der Waals surface area contributed by atoms with E-state index in [0.29, 0.717) is 5.69 Å². The maximum atomic E-state index is 11.9. The van der Waals surface area contributed by atoms with Gasteiger partial charge in [0.15, 0.2) is 5.15 Å². The van der Waals surface area contributed by atoms with Crippen LogP contribution in [0.25, 0.3) is 0 Å². The van der Waals surface area contributed by atoms with Crippen molar-refractivity contribution >= 4 is 23.2 Å². The molecular weight excluding hydrogens is 264 g/mol. The average Bonchev–Trinajstić information content (AvgIpc) is 2.62. The minimum atomic E-state index is -0.180. The predicted octanol–water partition coefficient (Wildman–Crippen LogP) is 2.50. The van der Waals surface area contributed by atoms with Crippen LogP contribution in [0.1, 0.15) is 17.0 Å². The van der Waals surface area contributed by atoms with E-state index >= 15 is 0 Å². The molecule has 0 unspecified atom stereocenters. The van der Waals surface area contributed by atoms with Crippen LogP contribution in [0.2, 0.25) is 5.15 Å². The number of carbonyl (C=O) groups excluding carboxylic acids is 1. The minimum absolute atomic E-state index is 0.157. The van der Waals surface area contributed by atoms with Crippen LogP contribution in [0, 0.1) is 20.8 Å². The second kappa shape index (κ2) is 5.40. The van der Waals surface area contributed by atoms with Crippen LogP contribution in [0.5, 0.6) is 0 Å². The molecule has 0 fully saturated rings. The molecule has 2 aromatic heterocycles. The fourth-order valence-electron chi connectivity index (χ4n) is 1.80. The third kappa shape index (κ3) is 3.32. The van der Waals surface area contributed by atoms with Crippen molar-refractivity contribution in [3.05, 3.63) is 40.4 Å². The smallest absolute Gasteiger partial charge is 0.246 e. The van der Waals surface area contributed by atoms with Gasteiger partial charge < -0.3 is 5.32 Å². The van der Waals surface area contributed by atoms with Gasteiger partial charge in [0.05, 0.1) is 11.4 Å². The van der Waals surface area contributed by atoms with Crippen molar-refractivity contribution in [2.24, 2.45) is 0 Å². The highest BCUT2D eigenvalue weighted by Crippen LogP contribution is 2.19. The quantitative estimate of drug-likeness (QED) is 0.878. The van der Waals surface area contributed by atoms with Crippen LogP contribution in [0.4, 0.5) is 5.69 Å². The largest absolute Gasteiger partial charge is 0.322 e. The Morgan fingerprint density at radius 1 is 1.37 bits per heavy atom. The van der Waals surface area contributed by atoms with Gasteiger partial charge in [0.2, 0.25) is 5.91 Å². The molecule has 2 rings (SSSR count). The number of hydrogen-bond acceptors (Lipinski definition) is 3. The number of nitrogens with zero attached hydrogens (tertiary/aromatic N) is 3. The van der Waals surface area contributed by atoms with Gasteiger partial charge in [0.25, 0.3) is 0 Å². The predicted molar refractivity (Wildman–Crippen MR) is 74.3 cm³/mol. The van der Waals surface area contributed by atoms with Crippen molar-refractivity contribution < 1.29 is 4.79 Å². The van der Waals surface area contributed by atoms with Crippen molar-refractivity contribution in [2.45, 2.75) is 27.3 Å². The maximum absolute atomic E-state index is 11.9. The third-order valence-electron chi connectivity index (χ3n) is 2.65. The van der Waals surface area contributed by atoms with E-state index in [1.54, 1.807) is 16.9 Å². The summed E-state index contributed by atoms with van der Waals surface area (Å²) in [4.78, 5) is 15.9. The molecule has 6 heteroatoms. The molecule has 0 saturated carbocycles. The first-order valence-electron chi connectivity index (χ1n) is 5.89. The van der Waals surface area contributed by atoms with E-state index in [1.165, 1.54) is 0 Å². The van der Waals surface area contributed by atoms with Gasteiger partial charge in [-0.15, -0.1) is 0 Å². The summed E-state index contributed by atoms with van der Waals surface area (Å²) in [6, 6.07) is 3.71. The fraction of sp³-hybridized carbons (Fsp3) is 0.308. The summed E-state index contributed by atoms with van der Waals surface area (Å²) in [5, 5.41) is 7.27. The minimum Gasteiger partial charge on any atom is -0.322 e. The van der Waals surface area contributed by atoms with E-state index in [9.17, 15) is 4.79 Å². The summed E-state index contributed by atoms with van der Waals surface area (Å²) in [5.41, 5.74) is 3.29. The van der Waals surface area contributed by atoms with Crippen molar-refractivity contribution in [3.8, 4) is 0 Å². The highest BCUT2D eigenvalue weighted by molar-refractivity contribution is 6.32. The third-order valence-corrected chi connectivity index (χ3v) is 2.95. The average molecular weight is 279 g/mol. The molecule has 0 aliphatic carbocycles. The number of amides is 1. The number of rotatable bonds is 3. The zero-order valence-electron chi connectivity index (χ0n) is 11.1. The summed E-state index contributed by atoms with van der Waals surface area (Å²) in [5.74, 6) is -0.180. The first-order chi connectivity index (χ1) is 8.95. The molecule has 0 aliphatic rings. The second-order valence-electron chi connectivity index (χ2n) is 4.48. The SMILES string of the molecule is Cc1cnc(Cl)c(NC(=O)Cn2nc(C)cc2C)c1. The van der Waals surface area contributed by atoms with E-state index in [0.717, 1.165) is 17.0 Å². The molecule has 5 nitrogen and oxygen atoms in total. The number of pyridine rings is 1. The molecule has 0 bridgehead atoms. The highest BCUT2D eigenvalue weighted by atomic mass is 35.5. The molecule has 100 valence electrons. The Labute approximate surface area is 116 Å². The topological polar surface area (TPSA) is 59.8 Å². The zero-order chi connectivity index (χ0) is 14.0. The second-order valence-corrected chi connectivity index (χ2v) is 4.84. The number of hydrogen-bond donors (Lipinski definition) is 1. The number of carbonyl (C=O) groups is 1. The van der Waals surface area contributed by atoms with E-state index in [-0.39, 0.29) is 17.6 Å². The van der Waals surface area contributed by atoms with Gasteiger partial charge in [-0.1, -0.05) is 11.6 Å². The number of halogens is 1. The molecule has 0 saturated heterocycles.